The maximum atomic E-state index is 13.6. The molecule has 0 radical (unpaired) electrons. The summed E-state index contributed by atoms with van der Waals surface area (Å²) < 4.78 is 34.2. The average molecular weight is 572 g/mol. The number of anilines is 2. The third kappa shape index (κ3) is 5.35. The van der Waals surface area contributed by atoms with Gasteiger partial charge in [-0.3, -0.25) is 14.4 Å². The smallest absolute Gasteiger partial charge is 0.261 e. The SMILES string of the molecule is Cc1ccc(Cl)c2sc(N(Cc3ccco3)C(=O)c3ccc(NS(=O)(=O)c4ccc(Cl)cc4)cc3)nc12. The average Bonchev–Trinajstić information content (AvgIpc) is 3.56. The number of aromatic nitrogens is 1. The zero-order valence-electron chi connectivity index (χ0n) is 19.3. The van der Waals surface area contributed by atoms with Gasteiger partial charge in [0.2, 0.25) is 0 Å². The number of carbonyl (C=O) groups is 1. The summed E-state index contributed by atoms with van der Waals surface area (Å²) in [5.74, 6) is 0.263. The number of sulfonamides is 1. The molecule has 2 aromatic heterocycles. The van der Waals surface area contributed by atoms with Crippen molar-refractivity contribution in [2.24, 2.45) is 0 Å². The topological polar surface area (TPSA) is 92.5 Å². The van der Waals surface area contributed by atoms with Gasteiger partial charge in [-0.1, -0.05) is 40.6 Å². The number of aryl methyl sites for hydroxylation is 1. The molecule has 1 N–H and O–H groups in total. The minimum atomic E-state index is -3.82. The summed E-state index contributed by atoms with van der Waals surface area (Å²) >= 11 is 13.6. The van der Waals surface area contributed by atoms with E-state index in [1.807, 2.05) is 19.1 Å². The Morgan fingerprint density at radius 1 is 1.03 bits per heavy atom. The minimum Gasteiger partial charge on any atom is -0.467 e. The van der Waals surface area contributed by atoms with Crippen molar-refractivity contribution >= 4 is 71.5 Å². The van der Waals surface area contributed by atoms with Crippen LogP contribution in [0.3, 0.4) is 0 Å². The molecule has 5 rings (SSSR count). The lowest BCUT2D eigenvalue weighted by atomic mass is 10.2. The van der Waals surface area contributed by atoms with Crippen LogP contribution in [0.2, 0.25) is 10.0 Å². The molecule has 0 saturated heterocycles. The van der Waals surface area contributed by atoms with Gasteiger partial charge in [0, 0.05) is 16.3 Å². The molecule has 3 aromatic carbocycles. The van der Waals surface area contributed by atoms with E-state index in [1.165, 1.54) is 52.6 Å². The Labute approximate surface area is 227 Å². The fourth-order valence-corrected chi connectivity index (χ4v) is 6.15. The van der Waals surface area contributed by atoms with Gasteiger partial charge < -0.3 is 4.42 Å². The van der Waals surface area contributed by atoms with E-state index in [0.717, 1.165) is 15.8 Å². The molecule has 188 valence electrons. The molecule has 2 heterocycles. The minimum absolute atomic E-state index is 0.0754. The van der Waals surface area contributed by atoms with Crippen LogP contribution in [0.5, 0.6) is 0 Å². The van der Waals surface area contributed by atoms with Crippen LogP contribution in [0.1, 0.15) is 21.7 Å². The fraction of sp³-hybridized carbons (Fsp3) is 0.0769. The predicted octanol–water partition coefficient (Wildman–Crippen LogP) is 7.15. The summed E-state index contributed by atoms with van der Waals surface area (Å²) in [4.78, 5) is 19.9. The highest BCUT2D eigenvalue weighted by Crippen LogP contribution is 2.36. The van der Waals surface area contributed by atoms with Crippen LogP contribution in [0.15, 0.2) is 88.4 Å². The molecular formula is C26H19Cl2N3O4S2. The largest absolute Gasteiger partial charge is 0.467 e. The second-order valence-electron chi connectivity index (χ2n) is 8.15. The lowest BCUT2D eigenvalue weighted by Crippen LogP contribution is -2.30. The van der Waals surface area contributed by atoms with Crippen LogP contribution in [-0.4, -0.2) is 19.3 Å². The van der Waals surface area contributed by atoms with E-state index in [2.05, 4.69) is 4.72 Å². The number of furan rings is 1. The van der Waals surface area contributed by atoms with E-state index in [1.54, 1.807) is 30.5 Å². The zero-order valence-corrected chi connectivity index (χ0v) is 22.5. The molecule has 0 fully saturated rings. The van der Waals surface area contributed by atoms with E-state index >= 15 is 0 Å². The van der Waals surface area contributed by atoms with Crippen LogP contribution in [0.25, 0.3) is 10.2 Å². The fourth-order valence-electron chi connectivity index (χ4n) is 3.66. The standard InChI is InChI=1S/C26H19Cl2N3O4S2/c1-16-4-13-22(28)24-23(16)29-26(36-24)31(15-20-3-2-14-35-20)25(32)17-5-9-19(10-6-17)30-37(33,34)21-11-7-18(27)8-12-21/h2-14,30H,15H2,1H3. The third-order valence-corrected chi connectivity index (χ3v) is 8.75. The van der Waals surface area contributed by atoms with Gasteiger partial charge in [-0.15, -0.1) is 0 Å². The van der Waals surface area contributed by atoms with E-state index in [0.29, 0.717) is 32.2 Å². The molecule has 0 bridgehead atoms. The number of nitrogens with one attached hydrogen (secondary N) is 1. The Kier molecular flexibility index (Phi) is 6.96. The van der Waals surface area contributed by atoms with Crippen LogP contribution >= 0.6 is 34.5 Å². The molecule has 0 saturated carbocycles. The van der Waals surface area contributed by atoms with Gasteiger partial charge in [0.1, 0.15) is 5.76 Å². The Morgan fingerprint density at radius 3 is 2.41 bits per heavy atom. The lowest BCUT2D eigenvalue weighted by Gasteiger charge is -2.19. The van der Waals surface area contributed by atoms with Crippen LogP contribution in [0, 0.1) is 6.92 Å². The van der Waals surface area contributed by atoms with Gasteiger partial charge in [0.25, 0.3) is 15.9 Å². The molecule has 0 aliphatic carbocycles. The van der Waals surface area contributed by atoms with Crippen LogP contribution < -0.4 is 9.62 Å². The summed E-state index contributed by atoms with van der Waals surface area (Å²) in [6, 6.07) is 19.2. The molecule has 7 nitrogen and oxygen atoms in total. The second-order valence-corrected chi connectivity index (χ2v) is 11.6. The van der Waals surface area contributed by atoms with Crippen LogP contribution in [0.4, 0.5) is 10.8 Å². The number of rotatable bonds is 7. The molecular weight excluding hydrogens is 553 g/mol. The van der Waals surface area contributed by atoms with Crippen molar-refractivity contribution in [3.05, 3.63) is 106 Å². The van der Waals surface area contributed by atoms with Crippen molar-refractivity contribution in [2.75, 3.05) is 9.62 Å². The predicted molar refractivity (Wildman–Crippen MR) is 147 cm³/mol. The number of fused-ring (bicyclic) bond motifs is 1. The molecule has 37 heavy (non-hydrogen) atoms. The highest BCUT2D eigenvalue weighted by molar-refractivity contribution is 7.92. The van der Waals surface area contributed by atoms with Gasteiger partial charge in [-0.05, 0) is 79.2 Å². The van der Waals surface area contributed by atoms with E-state index in [9.17, 15) is 13.2 Å². The van der Waals surface area contributed by atoms with Gasteiger partial charge in [-0.2, -0.15) is 0 Å². The Bertz CT molecular complexity index is 1640. The zero-order chi connectivity index (χ0) is 26.2. The number of nitrogens with zero attached hydrogens (tertiary/aromatic N) is 2. The Hall–Kier alpha value is -3.37. The quantitative estimate of drug-likeness (QED) is 0.224. The molecule has 11 heteroatoms. The van der Waals surface area contributed by atoms with Crippen molar-refractivity contribution in [3.8, 4) is 0 Å². The Balaban J connectivity index is 1.44. The van der Waals surface area contributed by atoms with Gasteiger partial charge in [-0.25, -0.2) is 13.4 Å². The van der Waals surface area contributed by atoms with E-state index in [4.69, 9.17) is 32.6 Å². The first-order valence-electron chi connectivity index (χ1n) is 11.0. The van der Waals surface area contributed by atoms with Gasteiger partial charge >= 0.3 is 0 Å². The van der Waals surface area contributed by atoms with Crippen molar-refractivity contribution in [2.45, 2.75) is 18.4 Å². The number of carbonyl (C=O) groups excluding carboxylic acids is 1. The summed E-state index contributed by atoms with van der Waals surface area (Å²) in [6.45, 7) is 2.10. The number of halogens is 2. The first-order chi connectivity index (χ1) is 17.7. The molecule has 0 atom stereocenters. The number of amides is 1. The molecule has 5 aromatic rings. The van der Waals surface area contributed by atoms with Gasteiger partial charge in [0.15, 0.2) is 5.13 Å². The lowest BCUT2D eigenvalue weighted by molar-refractivity contribution is 0.0983. The van der Waals surface area contributed by atoms with Gasteiger partial charge in [0.05, 0.1) is 32.9 Å². The number of hydrogen-bond donors (Lipinski definition) is 1. The summed E-state index contributed by atoms with van der Waals surface area (Å²) in [5, 5.41) is 1.47. The van der Waals surface area contributed by atoms with Crippen molar-refractivity contribution in [1.82, 2.24) is 4.98 Å². The maximum absolute atomic E-state index is 13.6. The number of benzene rings is 3. The highest BCUT2D eigenvalue weighted by Gasteiger charge is 2.24. The highest BCUT2D eigenvalue weighted by atomic mass is 35.5. The monoisotopic (exact) mass is 571 g/mol. The summed E-state index contributed by atoms with van der Waals surface area (Å²) in [7, 11) is -3.82. The molecule has 0 spiro atoms. The van der Waals surface area contributed by atoms with Crippen molar-refractivity contribution < 1.29 is 17.6 Å². The van der Waals surface area contributed by atoms with Crippen molar-refractivity contribution in [3.63, 3.8) is 0 Å². The third-order valence-electron chi connectivity index (χ3n) is 5.56. The molecule has 0 unspecified atom stereocenters. The van der Waals surface area contributed by atoms with E-state index < -0.39 is 10.0 Å². The number of hydrogen-bond acceptors (Lipinski definition) is 6. The molecule has 0 aliphatic heterocycles. The first kappa shape index (κ1) is 25.3. The molecule has 0 aliphatic rings. The van der Waals surface area contributed by atoms with E-state index in [-0.39, 0.29) is 17.3 Å². The molecule has 1 amide bonds. The normalized spacial score (nSPS) is 11.5. The second kappa shape index (κ2) is 10.2. The van der Waals surface area contributed by atoms with Crippen LogP contribution in [-0.2, 0) is 16.6 Å². The Morgan fingerprint density at radius 2 is 1.76 bits per heavy atom. The number of thiazole rings is 1. The first-order valence-corrected chi connectivity index (χ1v) is 14.1. The maximum Gasteiger partial charge on any atom is 0.261 e. The van der Waals surface area contributed by atoms with Crippen molar-refractivity contribution in [1.29, 1.82) is 0 Å². The summed E-state index contributed by atoms with van der Waals surface area (Å²) in [6.07, 6.45) is 1.54. The summed E-state index contributed by atoms with van der Waals surface area (Å²) in [5.41, 5.74) is 2.34.